The SMILES string of the molecule is CCCC(CCC)Oc1cc(C=CCO)ccc1OC. The molecule has 0 aliphatic carbocycles. The summed E-state index contributed by atoms with van der Waals surface area (Å²) in [5, 5.41) is 8.84. The Balaban J connectivity index is 2.91. The molecule has 0 spiro atoms. The van der Waals surface area contributed by atoms with Crippen LogP contribution in [0.25, 0.3) is 6.08 Å². The number of rotatable bonds is 9. The van der Waals surface area contributed by atoms with Gasteiger partial charge in [0.05, 0.1) is 19.8 Å². The molecule has 0 aromatic heterocycles. The first-order chi connectivity index (χ1) is 9.74. The van der Waals surface area contributed by atoms with E-state index in [9.17, 15) is 0 Å². The second-order valence-electron chi connectivity index (χ2n) is 4.81. The fraction of sp³-hybridized carbons (Fsp3) is 0.529. The van der Waals surface area contributed by atoms with E-state index in [4.69, 9.17) is 14.6 Å². The average Bonchev–Trinajstić information content (AvgIpc) is 2.46. The molecule has 0 radical (unpaired) electrons. The molecule has 0 fully saturated rings. The van der Waals surface area contributed by atoms with Crippen LogP contribution in [-0.2, 0) is 0 Å². The molecule has 1 aromatic carbocycles. The Kier molecular flexibility index (Phi) is 7.81. The lowest BCUT2D eigenvalue weighted by atomic mass is 10.1. The summed E-state index contributed by atoms with van der Waals surface area (Å²) in [5.74, 6) is 1.53. The molecular formula is C17H26O3. The van der Waals surface area contributed by atoms with Crippen molar-refractivity contribution in [3.63, 3.8) is 0 Å². The number of aliphatic hydroxyl groups excluding tert-OH is 1. The van der Waals surface area contributed by atoms with Crippen LogP contribution in [0.1, 0.15) is 45.1 Å². The van der Waals surface area contributed by atoms with Crippen LogP contribution in [0.15, 0.2) is 24.3 Å². The van der Waals surface area contributed by atoms with Crippen molar-refractivity contribution in [2.45, 2.75) is 45.6 Å². The Hall–Kier alpha value is -1.48. The summed E-state index contributed by atoms with van der Waals surface area (Å²) in [6.07, 6.45) is 8.13. The molecule has 1 N–H and O–H groups in total. The maximum atomic E-state index is 8.84. The van der Waals surface area contributed by atoms with E-state index in [1.54, 1.807) is 13.2 Å². The molecule has 1 aromatic rings. The maximum absolute atomic E-state index is 8.84. The Morgan fingerprint density at radius 2 is 1.85 bits per heavy atom. The van der Waals surface area contributed by atoms with Gasteiger partial charge in [0.15, 0.2) is 11.5 Å². The van der Waals surface area contributed by atoms with Crippen molar-refractivity contribution < 1.29 is 14.6 Å². The largest absolute Gasteiger partial charge is 0.493 e. The van der Waals surface area contributed by atoms with Gasteiger partial charge in [-0.1, -0.05) is 44.9 Å². The lowest BCUT2D eigenvalue weighted by Gasteiger charge is -2.20. The highest BCUT2D eigenvalue weighted by molar-refractivity contribution is 5.55. The van der Waals surface area contributed by atoms with Crippen molar-refractivity contribution in [2.24, 2.45) is 0 Å². The maximum Gasteiger partial charge on any atom is 0.162 e. The normalized spacial score (nSPS) is 11.2. The van der Waals surface area contributed by atoms with Crippen molar-refractivity contribution in [3.05, 3.63) is 29.8 Å². The Morgan fingerprint density at radius 1 is 1.15 bits per heavy atom. The molecule has 3 heteroatoms. The van der Waals surface area contributed by atoms with Gasteiger partial charge in [-0.25, -0.2) is 0 Å². The van der Waals surface area contributed by atoms with Gasteiger partial charge in [0, 0.05) is 0 Å². The molecule has 0 bridgehead atoms. The molecule has 1 rings (SSSR count). The Morgan fingerprint density at radius 3 is 2.40 bits per heavy atom. The molecule has 0 heterocycles. The van der Waals surface area contributed by atoms with Gasteiger partial charge in [-0.05, 0) is 30.5 Å². The van der Waals surface area contributed by atoms with Gasteiger partial charge in [-0.2, -0.15) is 0 Å². The first-order valence-electron chi connectivity index (χ1n) is 7.37. The second kappa shape index (κ2) is 9.43. The summed E-state index contributed by atoms with van der Waals surface area (Å²) in [6, 6.07) is 5.82. The van der Waals surface area contributed by atoms with Crippen molar-refractivity contribution in [1.29, 1.82) is 0 Å². The van der Waals surface area contributed by atoms with E-state index in [0.29, 0.717) is 0 Å². The summed E-state index contributed by atoms with van der Waals surface area (Å²) < 4.78 is 11.5. The van der Waals surface area contributed by atoms with E-state index in [1.165, 1.54) is 0 Å². The molecule has 112 valence electrons. The fourth-order valence-corrected chi connectivity index (χ4v) is 2.16. The van der Waals surface area contributed by atoms with Crippen molar-refractivity contribution in [2.75, 3.05) is 13.7 Å². The highest BCUT2D eigenvalue weighted by atomic mass is 16.5. The summed E-state index contributed by atoms with van der Waals surface area (Å²) in [6.45, 7) is 4.38. The zero-order chi connectivity index (χ0) is 14.8. The number of methoxy groups -OCH3 is 1. The van der Waals surface area contributed by atoms with Gasteiger partial charge in [0.2, 0.25) is 0 Å². The summed E-state index contributed by atoms with van der Waals surface area (Å²) in [5.41, 5.74) is 1.00. The molecule has 0 aliphatic heterocycles. The zero-order valence-corrected chi connectivity index (χ0v) is 12.8. The van der Waals surface area contributed by atoms with Crippen molar-refractivity contribution in [1.82, 2.24) is 0 Å². The van der Waals surface area contributed by atoms with Gasteiger partial charge in [0.25, 0.3) is 0 Å². The first-order valence-corrected chi connectivity index (χ1v) is 7.37. The van der Waals surface area contributed by atoms with Crippen LogP contribution >= 0.6 is 0 Å². The number of aliphatic hydroxyl groups is 1. The lowest BCUT2D eigenvalue weighted by molar-refractivity contribution is 0.172. The van der Waals surface area contributed by atoms with Gasteiger partial charge in [-0.3, -0.25) is 0 Å². The standard InChI is InChI=1S/C17H26O3/c1-4-7-15(8-5-2)20-17-13-14(9-6-12-18)10-11-16(17)19-3/h6,9-11,13,15,18H,4-5,7-8,12H2,1-3H3. The monoisotopic (exact) mass is 278 g/mol. The molecule has 0 amide bonds. The van der Waals surface area contributed by atoms with Crippen LogP contribution in [0.3, 0.4) is 0 Å². The van der Waals surface area contributed by atoms with Gasteiger partial charge < -0.3 is 14.6 Å². The number of hydrogen-bond acceptors (Lipinski definition) is 3. The Bertz CT molecular complexity index is 407. The van der Waals surface area contributed by atoms with Gasteiger partial charge in [0.1, 0.15) is 0 Å². The molecule has 0 saturated heterocycles. The van der Waals surface area contributed by atoms with Gasteiger partial charge in [-0.15, -0.1) is 0 Å². The number of benzene rings is 1. The van der Waals surface area contributed by atoms with Crippen molar-refractivity contribution in [3.8, 4) is 11.5 Å². The van der Waals surface area contributed by atoms with Crippen LogP contribution < -0.4 is 9.47 Å². The summed E-state index contributed by atoms with van der Waals surface area (Å²) in [7, 11) is 1.65. The first kappa shape index (κ1) is 16.6. The summed E-state index contributed by atoms with van der Waals surface area (Å²) in [4.78, 5) is 0. The second-order valence-corrected chi connectivity index (χ2v) is 4.81. The molecule has 0 atom stereocenters. The van der Waals surface area contributed by atoms with E-state index >= 15 is 0 Å². The molecule has 20 heavy (non-hydrogen) atoms. The van der Waals surface area contributed by atoms with Crippen molar-refractivity contribution >= 4 is 6.08 Å². The average molecular weight is 278 g/mol. The van der Waals surface area contributed by atoms with E-state index in [2.05, 4.69) is 13.8 Å². The van der Waals surface area contributed by atoms with Gasteiger partial charge >= 0.3 is 0 Å². The van der Waals surface area contributed by atoms with E-state index < -0.39 is 0 Å². The van der Waals surface area contributed by atoms with Crippen LogP contribution in [0, 0.1) is 0 Å². The molecule has 0 unspecified atom stereocenters. The third-order valence-electron chi connectivity index (χ3n) is 3.12. The molecular weight excluding hydrogens is 252 g/mol. The molecule has 3 nitrogen and oxygen atoms in total. The lowest BCUT2D eigenvalue weighted by Crippen LogP contribution is -2.16. The van der Waals surface area contributed by atoms with E-state index in [-0.39, 0.29) is 12.7 Å². The smallest absolute Gasteiger partial charge is 0.162 e. The minimum absolute atomic E-state index is 0.0382. The quantitative estimate of drug-likeness (QED) is 0.740. The number of hydrogen-bond donors (Lipinski definition) is 1. The fourth-order valence-electron chi connectivity index (χ4n) is 2.16. The topological polar surface area (TPSA) is 38.7 Å². The van der Waals surface area contributed by atoms with E-state index in [0.717, 1.165) is 42.7 Å². The minimum Gasteiger partial charge on any atom is -0.493 e. The highest BCUT2D eigenvalue weighted by Crippen LogP contribution is 2.30. The number of ether oxygens (including phenoxy) is 2. The predicted molar refractivity (Wildman–Crippen MR) is 83.3 cm³/mol. The predicted octanol–water partition coefficient (Wildman–Crippen LogP) is 4.05. The van der Waals surface area contributed by atoms with Crippen LogP contribution in [0.5, 0.6) is 11.5 Å². The highest BCUT2D eigenvalue weighted by Gasteiger charge is 2.12. The molecule has 0 aliphatic rings. The van der Waals surface area contributed by atoms with E-state index in [1.807, 2.05) is 24.3 Å². The van der Waals surface area contributed by atoms with Crippen LogP contribution in [0.4, 0.5) is 0 Å². The third kappa shape index (κ3) is 5.25. The summed E-state index contributed by atoms with van der Waals surface area (Å²) >= 11 is 0. The van der Waals surface area contributed by atoms with Crippen LogP contribution in [-0.4, -0.2) is 24.9 Å². The van der Waals surface area contributed by atoms with Crippen LogP contribution in [0.2, 0.25) is 0 Å². The Labute approximate surface area is 122 Å². The third-order valence-corrected chi connectivity index (χ3v) is 3.12. The minimum atomic E-state index is 0.0382. The molecule has 0 saturated carbocycles. The zero-order valence-electron chi connectivity index (χ0n) is 12.8.